The minimum Gasteiger partial charge on any atom is -0.468 e. The standard InChI is InChI=1S/C21H23N3O3/c1-15(16-6-3-2-4-7-16)24(12-18-8-5-11-26-18)13-20-23-19(14-27-20)21(25)22-17-9-10-17/h2-8,11,14-15,17H,9-10,12-13H2,1H3,(H,22,25). The molecule has 1 aromatic carbocycles. The van der Waals surface area contributed by atoms with E-state index in [4.69, 9.17) is 8.83 Å². The lowest BCUT2D eigenvalue weighted by atomic mass is 10.1. The quantitative estimate of drug-likeness (QED) is 0.655. The van der Waals surface area contributed by atoms with Gasteiger partial charge in [-0.25, -0.2) is 4.98 Å². The molecule has 0 saturated heterocycles. The van der Waals surface area contributed by atoms with Gasteiger partial charge in [0.15, 0.2) is 5.69 Å². The van der Waals surface area contributed by atoms with Crippen LogP contribution in [0.5, 0.6) is 0 Å². The number of rotatable bonds is 8. The van der Waals surface area contributed by atoms with Gasteiger partial charge in [-0.1, -0.05) is 30.3 Å². The number of furan rings is 1. The molecule has 3 aromatic rings. The number of hydrogen-bond donors (Lipinski definition) is 1. The molecule has 6 nitrogen and oxygen atoms in total. The van der Waals surface area contributed by atoms with E-state index < -0.39 is 0 Å². The van der Waals surface area contributed by atoms with Crippen LogP contribution in [0.2, 0.25) is 0 Å². The minimum atomic E-state index is -0.166. The van der Waals surface area contributed by atoms with E-state index in [-0.39, 0.29) is 11.9 Å². The molecule has 1 aliphatic rings. The molecule has 1 atom stereocenters. The molecule has 27 heavy (non-hydrogen) atoms. The van der Waals surface area contributed by atoms with E-state index in [1.165, 1.54) is 11.8 Å². The van der Waals surface area contributed by atoms with Crippen molar-refractivity contribution in [1.82, 2.24) is 15.2 Å². The van der Waals surface area contributed by atoms with Crippen molar-refractivity contribution in [1.29, 1.82) is 0 Å². The van der Waals surface area contributed by atoms with Crippen molar-refractivity contribution in [2.75, 3.05) is 0 Å². The van der Waals surface area contributed by atoms with Crippen molar-refractivity contribution in [3.63, 3.8) is 0 Å². The van der Waals surface area contributed by atoms with Crippen LogP contribution in [0.1, 0.15) is 53.5 Å². The van der Waals surface area contributed by atoms with Gasteiger partial charge in [-0.15, -0.1) is 0 Å². The number of hydrogen-bond acceptors (Lipinski definition) is 5. The summed E-state index contributed by atoms with van der Waals surface area (Å²) in [7, 11) is 0. The Bertz CT molecular complexity index is 869. The number of benzene rings is 1. The van der Waals surface area contributed by atoms with Crippen LogP contribution in [0.3, 0.4) is 0 Å². The number of nitrogens with zero attached hydrogens (tertiary/aromatic N) is 2. The maximum absolute atomic E-state index is 12.1. The molecule has 140 valence electrons. The van der Waals surface area contributed by atoms with E-state index in [1.807, 2.05) is 30.3 Å². The van der Waals surface area contributed by atoms with Gasteiger partial charge in [0.05, 0.1) is 19.4 Å². The molecule has 1 N–H and O–H groups in total. The van der Waals surface area contributed by atoms with Crippen LogP contribution in [0.25, 0.3) is 0 Å². The lowest BCUT2D eigenvalue weighted by molar-refractivity contribution is 0.0946. The fourth-order valence-corrected chi connectivity index (χ4v) is 3.02. The molecule has 2 aromatic heterocycles. The molecule has 1 unspecified atom stereocenters. The van der Waals surface area contributed by atoms with Gasteiger partial charge in [-0.2, -0.15) is 0 Å². The maximum atomic E-state index is 12.1. The summed E-state index contributed by atoms with van der Waals surface area (Å²) in [6, 6.07) is 14.5. The zero-order valence-corrected chi connectivity index (χ0v) is 15.3. The van der Waals surface area contributed by atoms with E-state index in [0.29, 0.717) is 30.7 Å². The molecule has 0 aliphatic heterocycles. The fourth-order valence-electron chi connectivity index (χ4n) is 3.02. The van der Waals surface area contributed by atoms with Gasteiger partial charge >= 0.3 is 0 Å². The highest BCUT2D eigenvalue weighted by atomic mass is 16.3. The van der Waals surface area contributed by atoms with Gasteiger partial charge in [0.2, 0.25) is 5.89 Å². The third-order valence-corrected chi connectivity index (χ3v) is 4.80. The predicted octanol–water partition coefficient (Wildman–Crippen LogP) is 3.92. The highest BCUT2D eigenvalue weighted by Crippen LogP contribution is 2.25. The van der Waals surface area contributed by atoms with E-state index in [9.17, 15) is 4.79 Å². The summed E-state index contributed by atoms with van der Waals surface area (Å²) in [4.78, 5) is 18.7. The van der Waals surface area contributed by atoms with Crippen LogP contribution in [0.15, 0.2) is 63.8 Å². The SMILES string of the molecule is CC(c1ccccc1)N(Cc1ccco1)Cc1nc(C(=O)NC2CC2)co1. The third kappa shape index (κ3) is 4.46. The first-order chi connectivity index (χ1) is 13.2. The molecule has 6 heteroatoms. The Morgan fingerprint density at radius 3 is 2.70 bits per heavy atom. The number of carbonyl (C=O) groups excluding carboxylic acids is 1. The average molecular weight is 365 g/mol. The average Bonchev–Trinajstić information content (AvgIpc) is 3.16. The van der Waals surface area contributed by atoms with Crippen molar-refractivity contribution >= 4 is 5.91 Å². The predicted molar refractivity (Wildman–Crippen MR) is 99.8 cm³/mol. The number of aromatic nitrogens is 1. The van der Waals surface area contributed by atoms with Gasteiger partial charge in [0.1, 0.15) is 12.0 Å². The first-order valence-electron chi connectivity index (χ1n) is 9.25. The molecule has 0 spiro atoms. The van der Waals surface area contributed by atoms with Crippen LogP contribution in [-0.2, 0) is 13.1 Å². The number of carbonyl (C=O) groups is 1. The maximum Gasteiger partial charge on any atom is 0.273 e. The molecule has 1 aliphatic carbocycles. The van der Waals surface area contributed by atoms with Crippen LogP contribution in [-0.4, -0.2) is 21.8 Å². The van der Waals surface area contributed by atoms with Gasteiger partial charge in [-0.3, -0.25) is 9.69 Å². The van der Waals surface area contributed by atoms with Crippen molar-refractivity contribution in [2.45, 2.75) is 44.9 Å². The Balaban J connectivity index is 1.50. The van der Waals surface area contributed by atoms with Crippen LogP contribution >= 0.6 is 0 Å². The van der Waals surface area contributed by atoms with Crippen molar-refractivity contribution in [2.24, 2.45) is 0 Å². The molecule has 0 bridgehead atoms. The molecule has 1 saturated carbocycles. The molecular weight excluding hydrogens is 342 g/mol. The van der Waals surface area contributed by atoms with Crippen LogP contribution in [0, 0.1) is 0 Å². The molecule has 2 heterocycles. The highest BCUT2D eigenvalue weighted by molar-refractivity contribution is 5.92. The summed E-state index contributed by atoms with van der Waals surface area (Å²) in [5.41, 5.74) is 1.53. The summed E-state index contributed by atoms with van der Waals surface area (Å²) >= 11 is 0. The normalized spacial score (nSPS) is 15.0. The largest absolute Gasteiger partial charge is 0.468 e. The molecule has 1 amide bonds. The lowest BCUT2D eigenvalue weighted by Gasteiger charge is -2.27. The Morgan fingerprint density at radius 2 is 2.00 bits per heavy atom. The zero-order valence-electron chi connectivity index (χ0n) is 15.3. The minimum absolute atomic E-state index is 0.131. The number of oxazole rings is 1. The summed E-state index contributed by atoms with van der Waals surface area (Å²) < 4.78 is 11.1. The third-order valence-electron chi connectivity index (χ3n) is 4.80. The van der Waals surface area contributed by atoms with Gasteiger partial charge in [0.25, 0.3) is 5.91 Å². The first kappa shape index (κ1) is 17.5. The summed E-state index contributed by atoms with van der Waals surface area (Å²) in [6.07, 6.45) is 5.20. The molecular formula is C21H23N3O3. The lowest BCUT2D eigenvalue weighted by Crippen LogP contribution is -2.27. The first-order valence-corrected chi connectivity index (χ1v) is 9.25. The van der Waals surface area contributed by atoms with Crippen LogP contribution < -0.4 is 5.32 Å². The highest BCUT2D eigenvalue weighted by Gasteiger charge is 2.26. The van der Waals surface area contributed by atoms with Crippen molar-refractivity contribution < 1.29 is 13.6 Å². The van der Waals surface area contributed by atoms with Gasteiger partial charge in [0, 0.05) is 12.1 Å². The molecule has 4 rings (SSSR count). The van der Waals surface area contributed by atoms with E-state index in [0.717, 1.165) is 18.6 Å². The van der Waals surface area contributed by atoms with E-state index in [1.54, 1.807) is 6.26 Å². The Labute approximate surface area is 158 Å². The second-order valence-electron chi connectivity index (χ2n) is 6.95. The van der Waals surface area contributed by atoms with Crippen LogP contribution in [0.4, 0.5) is 0 Å². The Kier molecular flexibility index (Phi) is 5.07. The molecule has 0 radical (unpaired) electrons. The fraction of sp³-hybridized carbons (Fsp3) is 0.333. The number of nitrogens with one attached hydrogen (secondary N) is 1. The molecule has 1 fully saturated rings. The Hall–Kier alpha value is -2.86. The topological polar surface area (TPSA) is 71.5 Å². The Morgan fingerprint density at radius 1 is 1.19 bits per heavy atom. The summed E-state index contributed by atoms with van der Waals surface area (Å²) in [5.74, 6) is 1.22. The second kappa shape index (κ2) is 7.80. The van der Waals surface area contributed by atoms with Gasteiger partial charge in [-0.05, 0) is 37.5 Å². The monoisotopic (exact) mass is 365 g/mol. The summed E-state index contributed by atoms with van der Waals surface area (Å²) in [5, 5.41) is 2.93. The van der Waals surface area contributed by atoms with E-state index in [2.05, 4.69) is 34.3 Å². The summed E-state index contributed by atoms with van der Waals surface area (Å²) in [6.45, 7) is 3.24. The van der Waals surface area contributed by atoms with Crippen molar-refractivity contribution in [3.8, 4) is 0 Å². The van der Waals surface area contributed by atoms with Crippen molar-refractivity contribution in [3.05, 3.63) is 77.9 Å². The van der Waals surface area contributed by atoms with E-state index >= 15 is 0 Å². The van der Waals surface area contributed by atoms with Gasteiger partial charge < -0.3 is 14.2 Å². The second-order valence-corrected chi connectivity index (χ2v) is 6.95. The smallest absolute Gasteiger partial charge is 0.273 e. The zero-order chi connectivity index (χ0) is 18.6. The number of amides is 1.